The molecule has 1 aromatic carbocycles. The van der Waals surface area contributed by atoms with E-state index in [2.05, 4.69) is 20.0 Å². The van der Waals surface area contributed by atoms with Gasteiger partial charge in [0.15, 0.2) is 11.6 Å². The van der Waals surface area contributed by atoms with Crippen molar-refractivity contribution < 1.29 is 21.9 Å². The lowest BCUT2D eigenvalue weighted by Gasteiger charge is -2.13. The highest BCUT2D eigenvalue weighted by molar-refractivity contribution is 7.93. The Hall–Kier alpha value is -3.08. The number of rotatable bonds is 6. The molecule has 0 aliphatic rings. The molecule has 148 valence electrons. The van der Waals surface area contributed by atoms with Crippen LogP contribution >= 0.6 is 0 Å². The summed E-state index contributed by atoms with van der Waals surface area (Å²) in [5, 5.41) is 6.86. The Bertz CT molecular complexity index is 1120. The number of hydrogen-bond donors (Lipinski definition) is 1. The van der Waals surface area contributed by atoms with Crippen LogP contribution in [0.3, 0.4) is 0 Å². The fraction of sp³-hybridized carbons (Fsp3) is 0.235. The summed E-state index contributed by atoms with van der Waals surface area (Å²) >= 11 is 0. The largest absolute Gasteiger partial charge is 0.495 e. The summed E-state index contributed by atoms with van der Waals surface area (Å²) in [5.74, 6) is -1.55. The smallest absolute Gasteiger partial charge is 0.235 e. The second-order valence-electron chi connectivity index (χ2n) is 6.12. The SMILES string of the molecule is COc1cncc(-c2cn(-c3c(F)ccc(NS(=O)(=O)C(C)C)c3F)nn2)c1. The number of ether oxygens (including phenoxy) is 1. The Morgan fingerprint density at radius 1 is 1.21 bits per heavy atom. The lowest BCUT2D eigenvalue weighted by molar-refractivity contribution is 0.413. The average Bonchev–Trinajstić information content (AvgIpc) is 3.14. The molecule has 0 atom stereocenters. The Labute approximate surface area is 160 Å². The molecule has 3 rings (SSSR count). The van der Waals surface area contributed by atoms with E-state index in [1.807, 2.05) is 0 Å². The quantitative estimate of drug-likeness (QED) is 0.672. The maximum atomic E-state index is 14.9. The summed E-state index contributed by atoms with van der Waals surface area (Å²) in [5.41, 5.74) is -0.106. The second kappa shape index (κ2) is 7.50. The number of pyridine rings is 1. The van der Waals surface area contributed by atoms with Gasteiger partial charge in [-0.25, -0.2) is 21.9 Å². The van der Waals surface area contributed by atoms with E-state index in [-0.39, 0.29) is 5.69 Å². The third-order valence-electron chi connectivity index (χ3n) is 3.91. The van der Waals surface area contributed by atoms with Gasteiger partial charge in [-0.05, 0) is 32.0 Å². The Kier molecular flexibility index (Phi) is 5.27. The van der Waals surface area contributed by atoms with Crippen LogP contribution in [0.5, 0.6) is 5.75 Å². The van der Waals surface area contributed by atoms with Gasteiger partial charge in [-0.3, -0.25) is 9.71 Å². The number of anilines is 1. The number of hydrogen-bond acceptors (Lipinski definition) is 6. The van der Waals surface area contributed by atoms with Crippen LogP contribution in [0.25, 0.3) is 16.9 Å². The van der Waals surface area contributed by atoms with Crippen molar-refractivity contribution in [1.29, 1.82) is 0 Å². The maximum Gasteiger partial charge on any atom is 0.235 e. The minimum Gasteiger partial charge on any atom is -0.495 e. The van der Waals surface area contributed by atoms with E-state index in [1.165, 1.54) is 39.5 Å². The fourth-order valence-corrected chi connectivity index (χ4v) is 2.98. The van der Waals surface area contributed by atoms with Crippen molar-refractivity contribution in [3.8, 4) is 22.7 Å². The van der Waals surface area contributed by atoms with Crippen molar-refractivity contribution >= 4 is 15.7 Å². The molecule has 0 unspecified atom stereocenters. The van der Waals surface area contributed by atoms with E-state index >= 15 is 0 Å². The molecule has 0 bridgehead atoms. The minimum absolute atomic E-state index is 0.304. The molecule has 0 spiro atoms. The first-order valence-corrected chi connectivity index (χ1v) is 9.69. The number of nitrogens with one attached hydrogen (secondary N) is 1. The predicted octanol–water partition coefficient (Wildman–Crippen LogP) is 2.77. The zero-order chi connectivity index (χ0) is 20.5. The standard InChI is InChI=1S/C17H17F2N5O3S/c1-10(2)28(25,26)22-14-5-4-13(18)17(16(14)19)24-9-15(21-23-24)11-6-12(27-3)8-20-7-11/h4-10,22H,1-3H3. The summed E-state index contributed by atoms with van der Waals surface area (Å²) in [6.45, 7) is 2.88. The van der Waals surface area contributed by atoms with Crippen LogP contribution in [0.2, 0.25) is 0 Å². The lowest BCUT2D eigenvalue weighted by Crippen LogP contribution is -2.23. The molecule has 0 fully saturated rings. The van der Waals surface area contributed by atoms with E-state index in [4.69, 9.17) is 4.74 Å². The van der Waals surface area contributed by atoms with Crippen molar-refractivity contribution in [1.82, 2.24) is 20.0 Å². The van der Waals surface area contributed by atoms with Gasteiger partial charge < -0.3 is 4.74 Å². The zero-order valence-electron chi connectivity index (χ0n) is 15.2. The first kappa shape index (κ1) is 19.7. The van der Waals surface area contributed by atoms with Crippen molar-refractivity contribution in [3.63, 3.8) is 0 Å². The molecule has 0 amide bonds. The van der Waals surface area contributed by atoms with Crippen LogP contribution in [0.4, 0.5) is 14.5 Å². The highest BCUT2D eigenvalue weighted by Gasteiger charge is 2.22. The second-order valence-corrected chi connectivity index (χ2v) is 8.35. The van der Waals surface area contributed by atoms with Gasteiger partial charge in [-0.1, -0.05) is 5.21 Å². The highest BCUT2D eigenvalue weighted by atomic mass is 32.2. The number of nitrogens with zero attached hydrogens (tertiary/aromatic N) is 4. The normalized spacial score (nSPS) is 11.6. The monoisotopic (exact) mass is 409 g/mol. The third kappa shape index (κ3) is 3.79. The van der Waals surface area contributed by atoms with E-state index in [0.29, 0.717) is 17.0 Å². The molecule has 2 heterocycles. The number of sulfonamides is 1. The first-order valence-electron chi connectivity index (χ1n) is 8.14. The molecular formula is C17H17F2N5O3S. The molecule has 8 nitrogen and oxygen atoms in total. The molecule has 0 saturated carbocycles. The highest BCUT2D eigenvalue weighted by Crippen LogP contribution is 2.27. The van der Waals surface area contributed by atoms with Crippen LogP contribution < -0.4 is 9.46 Å². The third-order valence-corrected chi connectivity index (χ3v) is 5.65. The van der Waals surface area contributed by atoms with Crippen LogP contribution in [0.15, 0.2) is 36.8 Å². The molecule has 2 aromatic heterocycles. The molecular weight excluding hydrogens is 392 g/mol. The van der Waals surface area contributed by atoms with Crippen LogP contribution in [0.1, 0.15) is 13.8 Å². The van der Waals surface area contributed by atoms with E-state index < -0.39 is 32.6 Å². The van der Waals surface area contributed by atoms with Crippen molar-refractivity contribution in [3.05, 3.63) is 48.4 Å². The molecule has 0 aliphatic carbocycles. The van der Waals surface area contributed by atoms with Gasteiger partial charge in [0, 0.05) is 11.8 Å². The van der Waals surface area contributed by atoms with Crippen LogP contribution in [-0.4, -0.2) is 40.8 Å². The minimum atomic E-state index is -3.81. The summed E-state index contributed by atoms with van der Waals surface area (Å²) in [7, 11) is -2.33. The van der Waals surface area contributed by atoms with Gasteiger partial charge in [0.2, 0.25) is 10.0 Å². The Morgan fingerprint density at radius 2 is 1.96 bits per heavy atom. The molecule has 28 heavy (non-hydrogen) atoms. The predicted molar refractivity (Wildman–Crippen MR) is 98.7 cm³/mol. The summed E-state index contributed by atoms with van der Waals surface area (Å²) in [6.07, 6.45) is 4.30. The molecule has 0 radical (unpaired) electrons. The van der Waals surface area contributed by atoms with Gasteiger partial charge in [0.25, 0.3) is 0 Å². The average molecular weight is 409 g/mol. The molecule has 3 aromatic rings. The number of methoxy groups -OCH3 is 1. The topological polar surface area (TPSA) is 99.0 Å². The van der Waals surface area contributed by atoms with E-state index in [9.17, 15) is 17.2 Å². The maximum absolute atomic E-state index is 14.9. The Morgan fingerprint density at radius 3 is 2.64 bits per heavy atom. The van der Waals surface area contributed by atoms with Crippen molar-refractivity contribution in [2.75, 3.05) is 11.8 Å². The van der Waals surface area contributed by atoms with E-state index in [0.717, 1.165) is 16.8 Å². The van der Waals surface area contributed by atoms with Gasteiger partial charge in [-0.2, -0.15) is 0 Å². The van der Waals surface area contributed by atoms with Crippen molar-refractivity contribution in [2.45, 2.75) is 19.1 Å². The molecule has 0 aliphatic heterocycles. The zero-order valence-corrected chi connectivity index (χ0v) is 16.0. The van der Waals surface area contributed by atoms with Crippen LogP contribution in [-0.2, 0) is 10.0 Å². The molecule has 1 N–H and O–H groups in total. The van der Waals surface area contributed by atoms with Gasteiger partial charge in [0.1, 0.15) is 17.1 Å². The number of halogens is 2. The van der Waals surface area contributed by atoms with Gasteiger partial charge >= 0.3 is 0 Å². The Balaban J connectivity index is 2.02. The molecule has 11 heteroatoms. The van der Waals surface area contributed by atoms with E-state index in [1.54, 1.807) is 6.07 Å². The van der Waals surface area contributed by atoms with Gasteiger partial charge in [-0.15, -0.1) is 5.10 Å². The molecule has 0 saturated heterocycles. The van der Waals surface area contributed by atoms with Gasteiger partial charge in [0.05, 0.1) is 30.4 Å². The number of benzene rings is 1. The summed E-state index contributed by atoms with van der Waals surface area (Å²) in [6, 6.07) is 3.60. The summed E-state index contributed by atoms with van der Waals surface area (Å²) < 4.78 is 61.3. The summed E-state index contributed by atoms with van der Waals surface area (Å²) in [4.78, 5) is 3.99. The fourth-order valence-electron chi connectivity index (χ4n) is 2.28. The first-order chi connectivity index (χ1) is 13.2. The van der Waals surface area contributed by atoms with Crippen LogP contribution in [0, 0.1) is 11.6 Å². The lowest BCUT2D eigenvalue weighted by atomic mass is 10.2. The number of aromatic nitrogens is 4. The van der Waals surface area contributed by atoms with Crippen molar-refractivity contribution in [2.24, 2.45) is 0 Å².